The first kappa shape index (κ1) is 18.6. The molecule has 2 aromatic carbocycles. The van der Waals surface area contributed by atoms with Crippen molar-refractivity contribution in [3.63, 3.8) is 0 Å². The molecule has 0 aromatic heterocycles. The minimum Gasteiger partial charge on any atom is -0.339 e. The van der Waals surface area contributed by atoms with Crippen molar-refractivity contribution in [1.29, 1.82) is 0 Å². The van der Waals surface area contributed by atoms with Gasteiger partial charge in [-0.05, 0) is 50.1 Å². The van der Waals surface area contributed by atoms with Gasteiger partial charge in [0.15, 0.2) is 0 Å². The van der Waals surface area contributed by atoms with Crippen LogP contribution in [0.25, 0.3) is 0 Å². The van der Waals surface area contributed by atoms with Crippen molar-refractivity contribution in [2.24, 2.45) is 0 Å². The molecule has 4 heteroatoms. The van der Waals surface area contributed by atoms with Gasteiger partial charge in [-0.1, -0.05) is 48.2 Å². The van der Waals surface area contributed by atoms with Gasteiger partial charge in [0, 0.05) is 30.8 Å². The molecule has 2 saturated heterocycles. The number of amides is 1. The molecular formula is C24H27N3O. The number of benzene rings is 2. The topological polar surface area (TPSA) is 35.6 Å². The summed E-state index contributed by atoms with van der Waals surface area (Å²) in [5, 5.41) is 3.07. The Kier molecular flexibility index (Phi) is 5.64. The molecule has 0 saturated carbocycles. The Balaban J connectivity index is 1.29. The van der Waals surface area contributed by atoms with Gasteiger partial charge in [0.1, 0.15) is 5.54 Å². The highest BCUT2D eigenvalue weighted by atomic mass is 16.2. The summed E-state index contributed by atoms with van der Waals surface area (Å²) >= 11 is 0. The van der Waals surface area contributed by atoms with Crippen LogP contribution in [-0.4, -0.2) is 42.6 Å². The van der Waals surface area contributed by atoms with Crippen LogP contribution >= 0.6 is 0 Å². The van der Waals surface area contributed by atoms with E-state index in [9.17, 15) is 4.79 Å². The minimum atomic E-state index is -0.384. The maximum absolute atomic E-state index is 12.7. The van der Waals surface area contributed by atoms with E-state index in [0.717, 1.165) is 56.6 Å². The summed E-state index contributed by atoms with van der Waals surface area (Å²) in [4.78, 5) is 17.4. The third-order valence-electron chi connectivity index (χ3n) is 5.87. The third kappa shape index (κ3) is 3.90. The number of hydrogen-bond acceptors (Lipinski definition) is 3. The van der Waals surface area contributed by atoms with E-state index < -0.39 is 0 Å². The van der Waals surface area contributed by atoms with E-state index in [4.69, 9.17) is 0 Å². The molecule has 144 valence electrons. The van der Waals surface area contributed by atoms with Crippen molar-refractivity contribution >= 4 is 11.6 Å². The fourth-order valence-corrected chi connectivity index (χ4v) is 4.26. The van der Waals surface area contributed by atoms with Gasteiger partial charge < -0.3 is 15.1 Å². The normalized spacial score (nSPS) is 18.6. The predicted octanol–water partition coefficient (Wildman–Crippen LogP) is 3.25. The summed E-state index contributed by atoms with van der Waals surface area (Å²) in [5.74, 6) is 6.69. The van der Waals surface area contributed by atoms with Crippen LogP contribution in [0.15, 0.2) is 60.7 Å². The Morgan fingerprint density at radius 2 is 1.64 bits per heavy atom. The fraction of sp³-hybridized carbons (Fsp3) is 0.375. The second-order valence-corrected chi connectivity index (χ2v) is 7.57. The van der Waals surface area contributed by atoms with E-state index in [2.05, 4.69) is 39.1 Å². The van der Waals surface area contributed by atoms with Crippen LogP contribution in [0.2, 0.25) is 0 Å². The van der Waals surface area contributed by atoms with Crippen LogP contribution < -0.4 is 10.2 Å². The predicted molar refractivity (Wildman–Crippen MR) is 113 cm³/mol. The number of anilines is 1. The Morgan fingerprint density at radius 3 is 2.36 bits per heavy atom. The molecule has 0 radical (unpaired) electrons. The number of hydrogen-bond donors (Lipinski definition) is 1. The van der Waals surface area contributed by atoms with Gasteiger partial charge >= 0.3 is 0 Å². The van der Waals surface area contributed by atoms with Crippen molar-refractivity contribution in [3.8, 4) is 11.8 Å². The first-order valence-corrected chi connectivity index (χ1v) is 10.2. The lowest BCUT2D eigenvalue weighted by Gasteiger charge is -2.43. The molecule has 2 aromatic rings. The SMILES string of the molecule is O=C1NCN(c2ccccc2)C12CCN(CCCC#Cc1ccccc1)CC2. The van der Waals surface area contributed by atoms with Gasteiger partial charge in [0.25, 0.3) is 0 Å². The Labute approximate surface area is 167 Å². The summed E-state index contributed by atoms with van der Waals surface area (Å²) < 4.78 is 0. The van der Waals surface area contributed by atoms with Crippen molar-refractivity contribution < 1.29 is 4.79 Å². The fourth-order valence-electron chi connectivity index (χ4n) is 4.26. The van der Waals surface area contributed by atoms with Crippen LogP contribution in [0.1, 0.15) is 31.2 Å². The number of nitrogens with one attached hydrogen (secondary N) is 1. The average Bonchev–Trinajstić information content (AvgIpc) is 3.06. The lowest BCUT2D eigenvalue weighted by atomic mass is 9.85. The molecule has 1 spiro atoms. The van der Waals surface area contributed by atoms with E-state index in [-0.39, 0.29) is 11.4 Å². The third-order valence-corrected chi connectivity index (χ3v) is 5.87. The summed E-state index contributed by atoms with van der Waals surface area (Å²) in [7, 11) is 0. The highest BCUT2D eigenvalue weighted by molar-refractivity contribution is 5.93. The van der Waals surface area contributed by atoms with E-state index in [0.29, 0.717) is 6.67 Å². The molecule has 0 bridgehead atoms. The van der Waals surface area contributed by atoms with Crippen molar-refractivity contribution in [1.82, 2.24) is 10.2 Å². The van der Waals surface area contributed by atoms with Crippen LogP contribution in [0.3, 0.4) is 0 Å². The highest BCUT2D eigenvalue weighted by Crippen LogP contribution is 2.36. The van der Waals surface area contributed by atoms with E-state index >= 15 is 0 Å². The van der Waals surface area contributed by atoms with Gasteiger partial charge in [-0.25, -0.2) is 0 Å². The molecule has 2 aliphatic rings. The molecule has 0 aliphatic carbocycles. The number of nitrogens with zero attached hydrogens (tertiary/aromatic N) is 2. The highest BCUT2D eigenvalue weighted by Gasteiger charge is 2.50. The molecule has 1 N–H and O–H groups in total. The number of likely N-dealkylation sites (tertiary alicyclic amines) is 1. The minimum absolute atomic E-state index is 0.185. The number of para-hydroxylation sites is 1. The monoisotopic (exact) mass is 373 g/mol. The number of carbonyl (C=O) groups excluding carboxylic acids is 1. The molecule has 2 aliphatic heterocycles. The van der Waals surface area contributed by atoms with E-state index in [1.165, 1.54) is 0 Å². The number of carbonyl (C=O) groups is 1. The van der Waals surface area contributed by atoms with Gasteiger partial charge in [-0.3, -0.25) is 4.79 Å². The number of piperidine rings is 1. The first-order valence-electron chi connectivity index (χ1n) is 10.2. The second-order valence-electron chi connectivity index (χ2n) is 7.57. The largest absolute Gasteiger partial charge is 0.339 e. The van der Waals surface area contributed by atoms with Crippen molar-refractivity contribution in [2.75, 3.05) is 31.2 Å². The molecule has 0 atom stereocenters. The van der Waals surface area contributed by atoms with Crippen molar-refractivity contribution in [3.05, 3.63) is 66.2 Å². The zero-order valence-electron chi connectivity index (χ0n) is 16.2. The second kappa shape index (κ2) is 8.50. The summed E-state index contributed by atoms with van der Waals surface area (Å²) in [5.41, 5.74) is 1.83. The smallest absolute Gasteiger partial charge is 0.247 e. The molecule has 2 fully saturated rings. The Bertz CT molecular complexity index is 846. The summed E-state index contributed by atoms with van der Waals surface area (Å²) in [6.45, 7) is 3.58. The van der Waals surface area contributed by atoms with E-state index in [1.807, 2.05) is 48.5 Å². The summed E-state index contributed by atoms with van der Waals surface area (Å²) in [6, 6.07) is 20.4. The van der Waals surface area contributed by atoms with Gasteiger partial charge in [-0.2, -0.15) is 0 Å². The maximum atomic E-state index is 12.7. The van der Waals surface area contributed by atoms with Crippen LogP contribution in [0, 0.1) is 11.8 Å². The molecular weight excluding hydrogens is 346 g/mol. The van der Waals surface area contributed by atoms with Crippen LogP contribution in [0.4, 0.5) is 5.69 Å². The lowest BCUT2D eigenvalue weighted by Crippen LogP contribution is -2.56. The lowest BCUT2D eigenvalue weighted by molar-refractivity contribution is -0.125. The van der Waals surface area contributed by atoms with Crippen LogP contribution in [0.5, 0.6) is 0 Å². The van der Waals surface area contributed by atoms with Crippen molar-refractivity contribution in [2.45, 2.75) is 31.2 Å². The van der Waals surface area contributed by atoms with Crippen LogP contribution in [-0.2, 0) is 4.79 Å². The Hall–Kier alpha value is -2.77. The van der Waals surface area contributed by atoms with E-state index in [1.54, 1.807) is 0 Å². The standard InChI is InChI=1S/C24H27N3O/c28-23-24(27(20-25-23)22-13-7-2-8-14-22)15-18-26(19-16-24)17-9-3-6-12-21-10-4-1-5-11-21/h1-2,4-5,7-8,10-11,13-14H,3,9,15-20H2,(H,25,28). The quantitative estimate of drug-likeness (QED) is 0.660. The van der Waals surface area contributed by atoms with Gasteiger partial charge in [0.05, 0.1) is 6.67 Å². The molecule has 0 unspecified atom stereocenters. The first-order chi connectivity index (χ1) is 13.8. The summed E-state index contributed by atoms with van der Waals surface area (Å²) in [6.07, 6.45) is 3.74. The van der Waals surface area contributed by atoms with Gasteiger partial charge in [-0.15, -0.1) is 0 Å². The average molecular weight is 374 g/mol. The zero-order chi connectivity index (χ0) is 19.2. The Morgan fingerprint density at radius 1 is 0.964 bits per heavy atom. The van der Waals surface area contributed by atoms with Gasteiger partial charge in [0.2, 0.25) is 5.91 Å². The molecule has 28 heavy (non-hydrogen) atoms. The number of unbranched alkanes of at least 4 members (excludes halogenated alkanes) is 1. The molecule has 1 amide bonds. The maximum Gasteiger partial charge on any atom is 0.247 e. The zero-order valence-corrected chi connectivity index (χ0v) is 16.2. The number of rotatable bonds is 4. The molecule has 4 rings (SSSR count). The molecule has 2 heterocycles. The molecule has 4 nitrogen and oxygen atoms in total.